The minimum Gasteiger partial charge on any atom is -0.492 e. The van der Waals surface area contributed by atoms with Gasteiger partial charge in [-0.15, -0.1) is 0 Å². The molecule has 0 radical (unpaired) electrons. The zero-order chi connectivity index (χ0) is 12.5. The molecule has 3 heteroatoms. The Morgan fingerprint density at radius 1 is 1.24 bits per heavy atom. The van der Waals surface area contributed by atoms with Crippen molar-refractivity contribution in [3.05, 3.63) is 29.8 Å². The van der Waals surface area contributed by atoms with E-state index in [1.165, 1.54) is 0 Å². The van der Waals surface area contributed by atoms with Crippen LogP contribution < -0.4 is 10.1 Å². The average Bonchev–Trinajstić information content (AvgIpc) is 2.31. The standard InChI is InChI=1S/C14H20N2O/c1-15-10-4-5-13-6-8-14(9-7-13)17-12-11-16(2)3/h6-9,15H,10-12H2,1-3H3. The summed E-state index contributed by atoms with van der Waals surface area (Å²) in [4.78, 5) is 2.09. The van der Waals surface area contributed by atoms with E-state index in [-0.39, 0.29) is 0 Å². The van der Waals surface area contributed by atoms with Crippen LogP contribution in [0.2, 0.25) is 0 Å². The number of hydrogen-bond acceptors (Lipinski definition) is 3. The summed E-state index contributed by atoms with van der Waals surface area (Å²) >= 11 is 0. The molecule has 0 fully saturated rings. The normalized spacial score (nSPS) is 9.88. The van der Waals surface area contributed by atoms with Crippen LogP contribution >= 0.6 is 0 Å². The van der Waals surface area contributed by atoms with Gasteiger partial charge in [0.1, 0.15) is 12.4 Å². The molecule has 0 heterocycles. The maximum atomic E-state index is 5.60. The molecule has 1 aromatic rings. The molecule has 0 aliphatic carbocycles. The quantitative estimate of drug-likeness (QED) is 0.772. The summed E-state index contributed by atoms with van der Waals surface area (Å²) in [5, 5.41) is 2.98. The maximum Gasteiger partial charge on any atom is 0.119 e. The summed E-state index contributed by atoms with van der Waals surface area (Å²) in [6.45, 7) is 2.34. The van der Waals surface area contributed by atoms with E-state index in [1.807, 2.05) is 45.4 Å². The van der Waals surface area contributed by atoms with Crippen molar-refractivity contribution >= 4 is 0 Å². The molecule has 0 amide bonds. The van der Waals surface area contributed by atoms with Gasteiger partial charge in [0.15, 0.2) is 0 Å². The fourth-order valence-electron chi connectivity index (χ4n) is 1.22. The highest BCUT2D eigenvalue weighted by Gasteiger charge is 1.94. The van der Waals surface area contributed by atoms with Crippen LogP contribution in [0.1, 0.15) is 5.56 Å². The van der Waals surface area contributed by atoms with Gasteiger partial charge in [-0.2, -0.15) is 0 Å². The van der Waals surface area contributed by atoms with Crippen molar-refractivity contribution in [3.63, 3.8) is 0 Å². The van der Waals surface area contributed by atoms with Crippen molar-refractivity contribution in [3.8, 4) is 17.6 Å². The van der Waals surface area contributed by atoms with Gasteiger partial charge < -0.3 is 15.0 Å². The van der Waals surface area contributed by atoms with Crippen LogP contribution in [0.3, 0.4) is 0 Å². The Morgan fingerprint density at radius 3 is 2.53 bits per heavy atom. The Hall–Kier alpha value is -1.50. The Bertz CT molecular complexity index is 373. The first-order valence-electron chi connectivity index (χ1n) is 5.73. The molecule has 0 spiro atoms. The van der Waals surface area contributed by atoms with Gasteiger partial charge in [0, 0.05) is 12.1 Å². The first kappa shape index (κ1) is 13.6. The van der Waals surface area contributed by atoms with Crippen molar-refractivity contribution in [1.82, 2.24) is 10.2 Å². The van der Waals surface area contributed by atoms with Gasteiger partial charge in [0.25, 0.3) is 0 Å². The average molecular weight is 232 g/mol. The van der Waals surface area contributed by atoms with Gasteiger partial charge in [-0.3, -0.25) is 0 Å². The molecule has 92 valence electrons. The highest BCUT2D eigenvalue weighted by atomic mass is 16.5. The fraction of sp³-hybridized carbons (Fsp3) is 0.429. The largest absolute Gasteiger partial charge is 0.492 e. The Kier molecular flexibility index (Phi) is 6.16. The van der Waals surface area contributed by atoms with Gasteiger partial charge in [-0.1, -0.05) is 11.8 Å². The first-order chi connectivity index (χ1) is 8.22. The second kappa shape index (κ2) is 7.72. The van der Waals surface area contributed by atoms with Gasteiger partial charge >= 0.3 is 0 Å². The van der Waals surface area contributed by atoms with E-state index in [0.717, 1.165) is 17.9 Å². The third-order valence-corrected chi connectivity index (χ3v) is 2.16. The Morgan fingerprint density at radius 2 is 1.94 bits per heavy atom. The summed E-state index contributed by atoms with van der Waals surface area (Å²) in [6.07, 6.45) is 0. The lowest BCUT2D eigenvalue weighted by Crippen LogP contribution is -2.19. The second-order valence-corrected chi connectivity index (χ2v) is 4.01. The van der Waals surface area contributed by atoms with Crippen LogP contribution in [0.15, 0.2) is 24.3 Å². The summed E-state index contributed by atoms with van der Waals surface area (Å²) < 4.78 is 5.60. The minimum absolute atomic E-state index is 0.706. The van der Waals surface area contributed by atoms with Gasteiger partial charge in [-0.25, -0.2) is 0 Å². The van der Waals surface area contributed by atoms with Gasteiger partial charge in [-0.05, 0) is 45.4 Å². The molecule has 0 bridgehead atoms. The summed E-state index contributed by atoms with van der Waals surface area (Å²) in [7, 11) is 5.95. The first-order valence-corrected chi connectivity index (χ1v) is 5.73. The minimum atomic E-state index is 0.706. The molecule has 17 heavy (non-hydrogen) atoms. The number of benzene rings is 1. The summed E-state index contributed by atoms with van der Waals surface area (Å²) in [5.41, 5.74) is 1.01. The van der Waals surface area contributed by atoms with E-state index in [9.17, 15) is 0 Å². The van der Waals surface area contributed by atoms with E-state index in [1.54, 1.807) is 0 Å². The Labute approximate surface area is 104 Å². The molecule has 1 rings (SSSR count). The molecule has 0 aromatic heterocycles. The van der Waals surface area contributed by atoms with Gasteiger partial charge in [0.05, 0.1) is 6.54 Å². The van der Waals surface area contributed by atoms with E-state index in [2.05, 4.69) is 22.1 Å². The molecular weight excluding hydrogens is 212 g/mol. The predicted molar refractivity (Wildman–Crippen MR) is 71.3 cm³/mol. The second-order valence-electron chi connectivity index (χ2n) is 4.01. The van der Waals surface area contributed by atoms with Crippen LogP contribution in [-0.4, -0.2) is 45.7 Å². The Balaban J connectivity index is 2.43. The summed E-state index contributed by atoms with van der Waals surface area (Å²) in [6, 6.07) is 7.87. The monoisotopic (exact) mass is 232 g/mol. The van der Waals surface area contributed by atoms with E-state index < -0.39 is 0 Å². The fourth-order valence-corrected chi connectivity index (χ4v) is 1.22. The third kappa shape index (κ3) is 5.96. The van der Waals surface area contributed by atoms with Crippen LogP contribution in [0.5, 0.6) is 5.75 Å². The predicted octanol–water partition coefficient (Wildman–Crippen LogP) is 1.20. The number of ether oxygens (including phenoxy) is 1. The van der Waals surface area contributed by atoms with Crippen molar-refractivity contribution in [2.24, 2.45) is 0 Å². The van der Waals surface area contributed by atoms with E-state index in [4.69, 9.17) is 4.74 Å². The number of rotatable bonds is 5. The highest BCUT2D eigenvalue weighted by Crippen LogP contribution is 2.11. The third-order valence-electron chi connectivity index (χ3n) is 2.16. The van der Waals surface area contributed by atoms with Crippen LogP contribution in [0, 0.1) is 11.8 Å². The summed E-state index contributed by atoms with van der Waals surface area (Å²) in [5.74, 6) is 6.99. The molecule has 0 atom stereocenters. The molecule has 0 saturated carbocycles. The lowest BCUT2D eigenvalue weighted by Gasteiger charge is -2.10. The van der Waals surface area contributed by atoms with Crippen LogP contribution in [0.4, 0.5) is 0 Å². The molecule has 0 saturated heterocycles. The topological polar surface area (TPSA) is 24.5 Å². The van der Waals surface area contributed by atoms with Crippen LogP contribution in [-0.2, 0) is 0 Å². The van der Waals surface area contributed by atoms with Crippen LogP contribution in [0.25, 0.3) is 0 Å². The number of likely N-dealkylation sites (N-methyl/N-ethyl adjacent to an activating group) is 1. The molecule has 3 nitrogen and oxygen atoms in total. The molecule has 1 N–H and O–H groups in total. The van der Waals surface area contributed by atoms with Crippen molar-refractivity contribution < 1.29 is 4.74 Å². The van der Waals surface area contributed by atoms with Crippen molar-refractivity contribution in [1.29, 1.82) is 0 Å². The number of nitrogens with one attached hydrogen (secondary N) is 1. The molecule has 0 unspecified atom stereocenters. The molecule has 1 aromatic carbocycles. The molecular formula is C14H20N2O. The lowest BCUT2D eigenvalue weighted by molar-refractivity contribution is 0.261. The number of nitrogens with zero attached hydrogens (tertiary/aromatic N) is 1. The van der Waals surface area contributed by atoms with Gasteiger partial charge in [0.2, 0.25) is 0 Å². The zero-order valence-corrected chi connectivity index (χ0v) is 10.8. The van der Waals surface area contributed by atoms with E-state index in [0.29, 0.717) is 13.2 Å². The highest BCUT2D eigenvalue weighted by molar-refractivity contribution is 5.38. The molecule has 0 aliphatic heterocycles. The maximum absolute atomic E-state index is 5.60. The van der Waals surface area contributed by atoms with E-state index >= 15 is 0 Å². The SMILES string of the molecule is CNCC#Cc1ccc(OCCN(C)C)cc1. The zero-order valence-electron chi connectivity index (χ0n) is 10.8. The van der Waals surface area contributed by atoms with Crippen molar-refractivity contribution in [2.45, 2.75) is 0 Å². The number of hydrogen-bond donors (Lipinski definition) is 1. The lowest BCUT2D eigenvalue weighted by atomic mass is 10.2. The van der Waals surface area contributed by atoms with Crippen molar-refractivity contribution in [2.75, 3.05) is 40.8 Å². The molecule has 0 aliphatic rings. The smallest absolute Gasteiger partial charge is 0.119 e.